The van der Waals surface area contributed by atoms with Gasteiger partial charge in [0.05, 0.1) is 21.3 Å². The number of methoxy groups -OCH3 is 3. The summed E-state index contributed by atoms with van der Waals surface area (Å²) in [4.78, 5) is 10.8. The van der Waals surface area contributed by atoms with Crippen molar-refractivity contribution in [3.05, 3.63) is 11.5 Å². The lowest BCUT2D eigenvalue weighted by Crippen LogP contribution is -2.24. The maximum Gasteiger partial charge on any atom is 0.430 e. The molecule has 0 unspecified atom stereocenters. The molecule has 0 aliphatic heterocycles. The molecule has 0 saturated carbocycles. The topological polar surface area (TPSA) is 44.8 Å². The van der Waals surface area contributed by atoms with Crippen LogP contribution in [-0.2, 0) is 19.0 Å². The van der Waals surface area contributed by atoms with Crippen molar-refractivity contribution in [1.82, 2.24) is 0 Å². The average molecular weight is 214 g/mol. The first-order valence-electron chi connectivity index (χ1n) is 3.36. The summed E-state index contributed by atoms with van der Waals surface area (Å²) in [6.45, 7) is 0. The van der Waals surface area contributed by atoms with E-state index in [1.165, 1.54) is 0 Å². The molecule has 0 radical (unpaired) electrons. The third kappa shape index (κ3) is 2.82. The van der Waals surface area contributed by atoms with Crippen LogP contribution in [0.25, 0.3) is 0 Å². The Morgan fingerprint density at radius 1 is 1.00 bits per heavy atom. The van der Waals surface area contributed by atoms with E-state index in [9.17, 15) is 18.0 Å². The molecule has 0 N–H and O–H groups in total. The summed E-state index contributed by atoms with van der Waals surface area (Å²) in [5.41, 5.74) is -1.61. The zero-order valence-corrected chi connectivity index (χ0v) is 7.77. The van der Waals surface area contributed by atoms with Gasteiger partial charge in [-0.1, -0.05) is 0 Å². The quantitative estimate of drug-likeness (QED) is 0.402. The van der Waals surface area contributed by atoms with Crippen LogP contribution < -0.4 is 0 Å². The number of hydrogen-bond acceptors (Lipinski definition) is 4. The second-order valence-corrected chi connectivity index (χ2v) is 2.06. The van der Waals surface area contributed by atoms with E-state index in [0.29, 0.717) is 0 Å². The van der Waals surface area contributed by atoms with E-state index < -0.39 is 23.7 Å². The molecule has 14 heavy (non-hydrogen) atoms. The fraction of sp³-hybridized carbons (Fsp3) is 0.571. The molecule has 7 heteroatoms. The molecule has 0 aliphatic rings. The van der Waals surface area contributed by atoms with Crippen molar-refractivity contribution in [1.29, 1.82) is 0 Å². The van der Waals surface area contributed by atoms with Crippen molar-refractivity contribution in [3.63, 3.8) is 0 Å². The molecule has 0 aromatic rings. The Labute approximate surface area is 78.2 Å². The van der Waals surface area contributed by atoms with Gasteiger partial charge in [-0.3, -0.25) is 0 Å². The van der Waals surface area contributed by atoms with Crippen LogP contribution in [0, 0.1) is 0 Å². The fourth-order valence-corrected chi connectivity index (χ4v) is 0.704. The lowest BCUT2D eigenvalue weighted by molar-refractivity contribution is -0.151. The highest BCUT2D eigenvalue weighted by molar-refractivity contribution is 5.90. The monoisotopic (exact) mass is 214 g/mol. The van der Waals surface area contributed by atoms with Gasteiger partial charge in [-0.2, -0.15) is 13.2 Å². The number of esters is 1. The zero-order valence-electron chi connectivity index (χ0n) is 7.77. The van der Waals surface area contributed by atoms with Crippen LogP contribution in [0.4, 0.5) is 13.2 Å². The minimum Gasteiger partial charge on any atom is -0.468 e. The first-order chi connectivity index (χ1) is 6.38. The third-order valence-corrected chi connectivity index (χ3v) is 1.25. The van der Waals surface area contributed by atoms with E-state index in [1.54, 1.807) is 0 Å². The molecule has 0 heterocycles. The largest absolute Gasteiger partial charge is 0.468 e. The smallest absolute Gasteiger partial charge is 0.430 e. The summed E-state index contributed by atoms with van der Waals surface area (Å²) >= 11 is 0. The molecule has 0 spiro atoms. The Kier molecular flexibility index (Phi) is 4.26. The number of rotatable bonds is 3. The number of halogens is 3. The van der Waals surface area contributed by atoms with E-state index >= 15 is 0 Å². The fourth-order valence-electron chi connectivity index (χ4n) is 0.704. The summed E-state index contributed by atoms with van der Waals surface area (Å²) in [6.07, 6.45) is -4.88. The Hall–Kier alpha value is -1.40. The van der Waals surface area contributed by atoms with Gasteiger partial charge in [0.15, 0.2) is 0 Å². The highest BCUT2D eigenvalue weighted by Crippen LogP contribution is 2.29. The predicted octanol–water partition coefficient (Wildman–Crippen LogP) is 1.23. The van der Waals surface area contributed by atoms with Gasteiger partial charge in [-0.15, -0.1) is 0 Å². The standard InChI is InChI=1S/C7H9F3O4/c1-12-5(11)4(7(8,9)10)6(13-2)14-3/h1-3H3. The summed E-state index contributed by atoms with van der Waals surface area (Å²) in [6, 6.07) is 0. The van der Waals surface area contributed by atoms with Gasteiger partial charge < -0.3 is 14.2 Å². The Morgan fingerprint density at radius 2 is 1.43 bits per heavy atom. The van der Waals surface area contributed by atoms with Crippen LogP contribution in [-0.4, -0.2) is 33.5 Å². The molecule has 4 nitrogen and oxygen atoms in total. The maximum absolute atomic E-state index is 12.3. The van der Waals surface area contributed by atoms with Gasteiger partial charge in [0.1, 0.15) is 0 Å². The highest BCUT2D eigenvalue weighted by atomic mass is 19.4. The molecule has 0 aromatic heterocycles. The van der Waals surface area contributed by atoms with Crippen molar-refractivity contribution < 1.29 is 32.2 Å². The molecule has 0 aliphatic carbocycles. The van der Waals surface area contributed by atoms with Crippen LogP contribution in [0.1, 0.15) is 0 Å². The summed E-state index contributed by atoms with van der Waals surface area (Å²) in [5.74, 6) is -2.49. The molecule has 0 aromatic carbocycles. The molecule has 0 fully saturated rings. The molecule has 0 saturated heterocycles. The first kappa shape index (κ1) is 12.6. The highest BCUT2D eigenvalue weighted by Gasteiger charge is 2.44. The number of hydrogen-bond donors (Lipinski definition) is 0. The second kappa shape index (κ2) is 4.73. The molecular weight excluding hydrogens is 205 g/mol. The predicted molar refractivity (Wildman–Crippen MR) is 39.1 cm³/mol. The number of alkyl halides is 3. The van der Waals surface area contributed by atoms with E-state index in [-0.39, 0.29) is 0 Å². The van der Waals surface area contributed by atoms with Crippen molar-refractivity contribution in [2.24, 2.45) is 0 Å². The number of carbonyl (C=O) groups is 1. The normalized spacial score (nSPS) is 10.4. The van der Waals surface area contributed by atoms with Crippen LogP contribution in [0.5, 0.6) is 0 Å². The second-order valence-electron chi connectivity index (χ2n) is 2.06. The molecule has 82 valence electrons. The molecule has 0 rings (SSSR count). The Balaban J connectivity index is 5.29. The van der Waals surface area contributed by atoms with E-state index in [0.717, 1.165) is 21.3 Å². The van der Waals surface area contributed by atoms with Gasteiger partial charge in [0, 0.05) is 0 Å². The van der Waals surface area contributed by atoms with Gasteiger partial charge in [-0.05, 0) is 0 Å². The maximum atomic E-state index is 12.3. The molecule has 0 amide bonds. The molecule has 0 bridgehead atoms. The number of ether oxygens (including phenoxy) is 3. The van der Waals surface area contributed by atoms with Gasteiger partial charge in [0.2, 0.25) is 5.57 Å². The summed E-state index contributed by atoms with van der Waals surface area (Å²) in [5, 5.41) is 0. The van der Waals surface area contributed by atoms with Crippen molar-refractivity contribution in [2.45, 2.75) is 6.18 Å². The lowest BCUT2D eigenvalue weighted by Gasteiger charge is -2.13. The van der Waals surface area contributed by atoms with Crippen LogP contribution in [0.3, 0.4) is 0 Å². The van der Waals surface area contributed by atoms with E-state index in [2.05, 4.69) is 14.2 Å². The van der Waals surface area contributed by atoms with Crippen LogP contribution in [0.2, 0.25) is 0 Å². The van der Waals surface area contributed by atoms with E-state index in [1.807, 2.05) is 0 Å². The minimum absolute atomic E-state index is 0.830. The minimum atomic E-state index is -4.88. The molecular formula is C7H9F3O4. The van der Waals surface area contributed by atoms with Gasteiger partial charge in [0.25, 0.3) is 5.95 Å². The molecule has 0 atom stereocenters. The summed E-state index contributed by atoms with van der Waals surface area (Å²) in [7, 11) is 2.73. The zero-order chi connectivity index (χ0) is 11.4. The number of carbonyl (C=O) groups excluding carboxylic acids is 1. The summed E-state index contributed by atoms with van der Waals surface area (Å²) < 4.78 is 49.2. The van der Waals surface area contributed by atoms with Crippen LogP contribution in [0.15, 0.2) is 11.5 Å². The van der Waals surface area contributed by atoms with Gasteiger partial charge >= 0.3 is 12.1 Å². The average Bonchev–Trinajstić information content (AvgIpc) is 2.10. The van der Waals surface area contributed by atoms with Crippen molar-refractivity contribution in [2.75, 3.05) is 21.3 Å². The first-order valence-corrected chi connectivity index (χ1v) is 3.36. The Morgan fingerprint density at radius 3 is 1.64 bits per heavy atom. The van der Waals surface area contributed by atoms with E-state index in [4.69, 9.17) is 0 Å². The van der Waals surface area contributed by atoms with Crippen molar-refractivity contribution >= 4 is 5.97 Å². The van der Waals surface area contributed by atoms with Crippen molar-refractivity contribution in [3.8, 4) is 0 Å². The SMILES string of the molecule is COC(=O)C(=C(OC)OC)C(F)(F)F. The van der Waals surface area contributed by atoms with Crippen LogP contribution >= 0.6 is 0 Å². The van der Waals surface area contributed by atoms with Gasteiger partial charge in [-0.25, -0.2) is 4.79 Å². The third-order valence-electron chi connectivity index (χ3n) is 1.25. The lowest BCUT2D eigenvalue weighted by atomic mass is 10.3. The Bertz CT molecular complexity index is 238.